The molecule has 2 aromatic carbocycles. The molecule has 0 spiro atoms. The molecule has 0 radical (unpaired) electrons. The maximum Gasteiger partial charge on any atom is 0.335 e. The first-order valence-corrected chi connectivity index (χ1v) is 9.87. The number of morpholine rings is 1. The third kappa shape index (κ3) is 5.05. The minimum atomic E-state index is -1.03. The molecule has 1 unspecified atom stereocenters. The van der Waals surface area contributed by atoms with E-state index in [0.29, 0.717) is 44.2 Å². The number of nitrogens with zero attached hydrogens (tertiary/aromatic N) is 1. The molecule has 0 aromatic heterocycles. The van der Waals surface area contributed by atoms with Gasteiger partial charge in [0.25, 0.3) is 0 Å². The summed E-state index contributed by atoms with van der Waals surface area (Å²) in [7, 11) is 0. The van der Waals surface area contributed by atoms with Gasteiger partial charge in [-0.15, -0.1) is 0 Å². The molecule has 6 nitrogen and oxygen atoms in total. The van der Waals surface area contributed by atoms with Crippen LogP contribution in [-0.4, -0.2) is 49.0 Å². The van der Waals surface area contributed by atoms with Gasteiger partial charge in [0.1, 0.15) is 0 Å². The SMILES string of the molecule is O=C(O)c1ccc(N2CCOCC2)c(NC(=O)C(CS)Cc2ccccc2)c1. The number of aromatic carboxylic acids is 1. The summed E-state index contributed by atoms with van der Waals surface area (Å²) >= 11 is 4.35. The number of benzene rings is 2. The fourth-order valence-electron chi connectivity index (χ4n) is 3.22. The maximum absolute atomic E-state index is 12.9. The smallest absolute Gasteiger partial charge is 0.335 e. The van der Waals surface area contributed by atoms with Crippen LogP contribution in [-0.2, 0) is 16.0 Å². The van der Waals surface area contributed by atoms with Crippen LogP contribution in [0, 0.1) is 5.92 Å². The van der Waals surface area contributed by atoms with Crippen molar-refractivity contribution in [3.05, 3.63) is 59.7 Å². The van der Waals surface area contributed by atoms with Crippen LogP contribution in [0.15, 0.2) is 48.5 Å². The van der Waals surface area contributed by atoms with Crippen molar-refractivity contribution in [1.29, 1.82) is 0 Å². The molecule has 1 heterocycles. The van der Waals surface area contributed by atoms with Crippen molar-refractivity contribution in [3.8, 4) is 0 Å². The Kier molecular flexibility index (Phi) is 6.95. The molecule has 0 aliphatic carbocycles. The fraction of sp³-hybridized carbons (Fsp3) is 0.333. The van der Waals surface area contributed by atoms with Gasteiger partial charge in [0.05, 0.1) is 36.1 Å². The van der Waals surface area contributed by atoms with Crippen LogP contribution in [0.1, 0.15) is 15.9 Å². The van der Waals surface area contributed by atoms with Gasteiger partial charge in [-0.05, 0) is 30.2 Å². The van der Waals surface area contributed by atoms with Crippen molar-refractivity contribution >= 4 is 35.9 Å². The molecular weight excluding hydrogens is 376 g/mol. The lowest BCUT2D eigenvalue weighted by Gasteiger charge is -2.31. The number of carbonyl (C=O) groups excluding carboxylic acids is 1. The zero-order valence-electron chi connectivity index (χ0n) is 15.5. The number of amides is 1. The number of thiol groups is 1. The van der Waals surface area contributed by atoms with E-state index in [2.05, 4.69) is 22.8 Å². The second-order valence-corrected chi connectivity index (χ2v) is 7.06. The number of nitrogens with one attached hydrogen (secondary N) is 1. The number of rotatable bonds is 7. The Morgan fingerprint density at radius 2 is 1.86 bits per heavy atom. The Labute approximate surface area is 169 Å². The summed E-state index contributed by atoms with van der Waals surface area (Å²) in [6, 6.07) is 14.6. The molecule has 148 valence electrons. The molecule has 1 fully saturated rings. The quantitative estimate of drug-likeness (QED) is 0.623. The van der Waals surface area contributed by atoms with E-state index in [9.17, 15) is 14.7 Å². The molecule has 3 rings (SSSR count). The number of hydrogen-bond acceptors (Lipinski definition) is 5. The fourth-order valence-corrected chi connectivity index (χ4v) is 3.52. The average molecular weight is 401 g/mol. The molecule has 0 bridgehead atoms. The average Bonchev–Trinajstić information content (AvgIpc) is 2.73. The van der Waals surface area contributed by atoms with Gasteiger partial charge in [0, 0.05) is 18.8 Å². The predicted molar refractivity (Wildman–Crippen MR) is 113 cm³/mol. The number of hydrogen-bond donors (Lipinski definition) is 3. The lowest BCUT2D eigenvalue weighted by molar-refractivity contribution is -0.119. The van der Waals surface area contributed by atoms with E-state index in [1.807, 2.05) is 30.3 Å². The highest BCUT2D eigenvalue weighted by molar-refractivity contribution is 7.80. The van der Waals surface area contributed by atoms with Crippen molar-refractivity contribution < 1.29 is 19.4 Å². The second kappa shape index (κ2) is 9.61. The van der Waals surface area contributed by atoms with Crippen LogP contribution in [0.3, 0.4) is 0 Å². The molecule has 1 amide bonds. The first-order chi connectivity index (χ1) is 13.6. The van der Waals surface area contributed by atoms with E-state index >= 15 is 0 Å². The monoisotopic (exact) mass is 400 g/mol. The highest BCUT2D eigenvalue weighted by Gasteiger charge is 2.22. The topological polar surface area (TPSA) is 78.9 Å². The number of ether oxygens (including phenoxy) is 1. The third-order valence-corrected chi connectivity index (χ3v) is 5.21. The molecule has 0 saturated carbocycles. The van der Waals surface area contributed by atoms with Crippen molar-refractivity contribution in [2.24, 2.45) is 5.92 Å². The largest absolute Gasteiger partial charge is 0.478 e. The lowest BCUT2D eigenvalue weighted by atomic mass is 10.00. The summed E-state index contributed by atoms with van der Waals surface area (Å²) in [6.45, 7) is 2.58. The number of carbonyl (C=O) groups is 2. The second-order valence-electron chi connectivity index (χ2n) is 6.69. The van der Waals surface area contributed by atoms with Crippen LogP contribution in [0.25, 0.3) is 0 Å². The zero-order chi connectivity index (χ0) is 19.9. The highest BCUT2D eigenvalue weighted by atomic mass is 32.1. The molecule has 1 aliphatic heterocycles. The van der Waals surface area contributed by atoms with Crippen LogP contribution < -0.4 is 10.2 Å². The van der Waals surface area contributed by atoms with Gasteiger partial charge in [-0.1, -0.05) is 30.3 Å². The van der Waals surface area contributed by atoms with Gasteiger partial charge in [0.2, 0.25) is 5.91 Å². The summed E-state index contributed by atoms with van der Waals surface area (Å²) in [6.07, 6.45) is 0.571. The Bertz CT molecular complexity index is 822. The van der Waals surface area contributed by atoms with Crippen LogP contribution in [0.2, 0.25) is 0 Å². The van der Waals surface area contributed by atoms with Crippen LogP contribution >= 0.6 is 12.6 Å². The minimum absolute atomic E-state index is 0.137. The molecule has 1 atom stereocenters. The third-order valence-electron chi connectivity index (χ3n) is 4.77. The normalized spacial score (nSPS) is 15.1. The predicted octanol–water partition coefficient (Wildman–Crippen LogP) is 2.95. The van der Waals surface area contributed by atoms with Crippen molar-refractivity contribution in [2.45, 2.75) is 6.42 Å². The lowest BCUT2D eigenvalue weighted by Crippen LogP contribution is -2.37. The zero-order valence-corrected chi connectivity index (χ0v) is 16.4. The van der Waals surface area contributed by atoms with Gasteiger partial charge in [-0.25, -0.2) is 4.79 Å². The van der Waals surface area contributed by atoms with E-state index in [1.165, 1.54) is 6.07 Å². The molecular formula is C21H24N2O4S. The van der Waals surface area contributed by atoms with Crippen LogP contribution in [0.5, 0.6) is 0 Å². The van der Waals surface area contributed by atoms with E-state index in [0.717, 1.165) is 11.3 Å². The van der Waals surface area contributed by atoms with Crippen molar-refractivity contribution in [3.63, 3.8) is 0 Å². The molecule has 1 saturated heterocycles. The number of carboxylic acid groups (broad SMARTS) is 1. The molecule has 1 aliphatic rings. The summed E-state index contributed by atoms with van der Waals surface area (Å²) in [5.74, 6) is -1.13. The first-order valence-electron chi connectivity index (χ1n) is 9.24. The van der Waals surface area contributed by atoms with Gasteiger partial charge in [-0.3, -0.25) is 4.79 Å². The van der Waals surface area contributed by atoms with Gasteiger partial charge in [0.15, 0.2) is 0 Å². The number of carboxylic acids is 1. The first kappa shape index (κ1) is 20.2. The summed E-state index contributed by atoms with van der Waals surface area (Å²) in [5.41, 5.74) is 2.51. The maximum atomic E-state index is 12.9. The van der Waals surface area contributed by atoms with E-state index in [4.69, 9.17) is 4.74 Å². The number of anilines is 2. The van der Waals surface area contributed by atoms with Crippen LogP contribution in [0.4, 0.5) is 11.4 Å². The minimum Gasteiger partial charge on any atom is -0.478 e. The van der Waals surface area contributed by atoms with E-state index < -0.39 is 5.97 Å². The summed E-state index contributed by atoms with van der Waals surface area (Å²) in [4.78, 5) is 26.4. The van der Waals surface area contributed by atoms with E-state index in [-0.39, 0.29) is 17.4 Å². The molecule has 2 aromatic rings. The van der Waals surface area contributed by atoms with E-state index in [1.54, 1.807) is 12.1 Å². The Morgan fingerprint density at radius 1 is 1.14 bits per heavy atom. The standard InChI is InChI=1S/C21H24N2O4S/c24-20(17(14-28)12-15-4-2-1-3-5-15)22-18-13-16(21(25)26)6-7-19(18)23-8-10-27-11-9-23/h1-7,13,17,28H,8-12,14H2,(H,22,24)(H,25,26). The Balaban J connectivity index is 1.82. The molecule has 2 N–H and O–H groups in total. The van der Waals surface area contributed by atoms with Crippen molar-refractivity contribution in [1.82, 2.24) is 0 Å². The van der Waals surface area contributed by atoms with Gasteiger partial charge < -0.3 is 20.1 Å². The summed E-state index contributed by atoms with van der Waals surface area (Å²) in [5, 5.41) is 12.3. The highest BCUT2D eigenvalue weighted by Crippen LogP contribution is 2.29. The Morgan fingerprint density at radius 3 is 2.50 bits per heavy atom. The van der Waals surface area contributed by atoms with Gasteiger partial charge >= 0.3 is 5.97 Å². The molecule has 7 heteroatoms. The Hall–Kier alpha value is -2.51. The van der Waals surface area contributed by atoms with Gasteiger partial charge in [-0.2, -0.15) is 12.6 Å². The molecule has 28 heavy (non-hydrogen) atoms. The van der Waals surface area contributed by atoms with Crippen molar-refractivity contribution in [2.75, 3.05) is 42.3 Å². The summed E-state index contributed by atoms with van der Waals surface area (Å²) < 4.78 is 5.39.